The number of amides is 2. The molecule has 0 unspecified atom stereocenters. The maximum atomic E-state index is 12.3. The molecule has 23 heavy (non-hydrogen) atoms. The first-order chi connectivity index (χ1) is 11.0. The minimum atomic E-state index is -0.690. The first-order valence-electron chi connectivity index (χ1n) is 7.23. The highest BCUT2D eigenvalue weighted by molar-refractivity contribution is 6.30. The minimum absolute atomic E-state index is 0.273. The summed E-state index contributed by atoms with van der Waals surface area (Å²) in [6.45, 7) is 1.95. The fourth-order valence-electron chi connectivity index (χ4n) is 2.49. The fraction of sp³-hybridized carbons (Fsp3) is 0.176. The third-order valence-electron chi connectivity index (χ3n) is 3.80. The molecule has 0 saturated carbocycles. The summed E-state index contributed by atoms with van der Waals surface area (Å²) in [6, 6.07) is 13.3. The fourth-order valence-corrected chi connectivity index (χ4v) is 2.61. The van der Waals surface area contributed by atoms with Crippen molar-refractivity contribution < 1.29 is 9.59 Å². The van der Waals surface area contributed by atoms with Crippen LogP contribution in [0.15, 0.2) is 48.5 Å². The molecule has 2 amide bonds. The first kappa shape index (κ1) is 15.5. The number of aryl methyl sites for hydroxylation is 1. The van der Waals surface area contributed by atoms with E-state index in [0.29, 0.717) is 10.6 Å². The second-order valence-electron chi connectivity index (χ2n) is 5.48. The van der Waals surface area contributed by atoms with Crippen LogP contribution in [0.25, 0.3) is 0 Å². The Morgan fingerprint density at radius 1 is 1.09 bits per heavy atom. The van der Waals surface area contributed by atoms with E-state index in [4.69, 9.17) is 11.6 Å². The monoisotopic (exact) mass is 329 g/mol. The molecule has 2 aromatic rings. The molecule has 2 aromatic carbocycles. The Labute approximate surface area is 139 Å². The molecule has 118 valence electrons. The second kappa shape index (κ2) is 6.40. The van der Waals surface area contributed by atoms with E-state index in [-0.39, 0.29) is 17.9 Å². The number of carbonyl (C=O) groups is 2. The van der Waals surface area contributed by atoms with Crippen LogP contribution in [0.3, 0.4) is 0 Å². The normalized spacial score (nSPS) is 20.2. The highest BCUT2D eigenvalue weighted by atomic mass is 35.5. The van der Waals surface area contributed by atoms with Crippen molar-refractivity contribution in [1.82, 2.24) is 16.2 Å². The number of nitrogens with one attached hydrogen (secondary N) is 3. The van der Waals surface area contributed by atoms with Gasteiger partial charge in [-0.2, -0.15) is 0 Å². The molecule has 6 heteroatoms. The Bertz CT molecular complexity index is 729. The van der Waals surface area contributed by atoms with Gasteiger partial charge in [-0.25, -0.2) is 5.43 Å². The number of hydrogen-bond donors (Lipinski definition) is 3. The van der Waals surface area contributed by atoms with Gasteiger partial charge in [0.2, 0.25) is 0 Å². The van der Waals surface area contributed by atoms with Gasteiger partial charge in [0.25, 0.3) is 11.8 Å². The molecule has 5 nitrogen and oxygen atoms in total. The van der Waals surface area contributed by atoms with E-state index in [9.17, 15) is 9.59 Å². The van der Waals surface area contributed by atoms with Crippen molar-refractivity contribution in [3.8, 4) is 0 Å². The Morgan fingerprint density at radius 2 is 1.74 bits per heavy atom. The maximum Gasteiger partial charge on any atom is 0.258 e. The number of hydrazine groups is 1. The molecule has 3 N–H and O–H groups in total. The van der Waals surface area contributed by atoms with Crippen LogP contribution in [0, 0.1) is 6.92 Å². The van der Waals surface area contributed by atoms with Crippen molar-refractivity contribution in [2.45, 2.75) is 19.0 Å². The highest BCUT2D eigenvalue weighted by Gasteiger charge is 2.36. The average molecular weight is 330 g/mol. The number of benzene rings is 2. The van der Waals surface area contributed by atoms with Crippen LogP contribution in [0.4, 0.5) is 0 Å². The molecule has 0 spiro atoms. The van der Waals surface area contributed by atoms with Crippen molar-refractivity contribution in [2.75, 3.05) is 0 Å². The lowest BCUT2D eigenvalue weighted by Crippen LogP contribution is -2.42. The maximum absolute atomic E-state index is 12.3. The van der Waals surface area contributed by atoms with Gasteiger partial charge in [0, 0.05) is 10.6 Å². The van der Waals surface area contributed by atoms with Gasteiger partial charge in [0.15, 0.2) is 0 Å². The van der Waals surface area contributed by atoms with Crippen molar-refractivity contribution in [3.05, 3.63) is 70.2 Å². The lowest BCUT2D eigenvalue weighted by atomic mass is 10.0. The third kappa shape index (κ3) is 3.36. The lowest BCUT2D eigenvalue weighted by molar-refractivity contribution is -0.121. The summed E-state index contributed by atoms with van der Waals surface area (Å²) < 4.78 is 0. The van der Waals surface area contributed by atoms with Gasteiger partial charge in [-0.05, 0) is 36.8 Å². The number of halogens is 1. The van der Waals surface area contributed by atoms with Gasteiger partial charge in [-0.15, -0.1) is 0 Å². The van der Waals surface area contributed by atoms with Gasteiger partial charge in [0.05, 0.1) is 6.04 Å². The van der Waals surface area contributed by atoms with Gasteiger partial charge in [0.1, 0.15) is 6.04 Å². The number of carbonyl (C=O) groups excluding carboxylic acids is 2. The summed E-state index contributed by atoms with van der Waals surface area (Å²) >= 11 is 5.89. The topological polar surface area (TPSA) is 70.2 Å². The first-order valence-corrected chi connectivity index (χ1v) is 7.61. The van der Waals surface area contributed by atoms with Gasteiger partial charge in [-0.1, -0.05) is 41.4 Å². The van der Waals surface area contributed by atoms with E-state index in [1.54, 1.807) is 24.3 Å². The van der Waals surface area contributed by atoms with E-state index < -0.39 is 6.04 Å². The minimum Gasteiger partial charge on any atom is -0.338 e. The Kier molecular flexibility index (Phi) is 4.32. The molecule has 2 atom stereocenters. The summed E-state index contributed by atoms with van der Waals surface area (Å²) in [5.41, 5.74) is 7.91. The van der Waals surface area contributed by atoms with Crippen LogP contribution in [0.1, 0.15) is 27.5 Å². The molecule has 1 aliphatic heterocycles. The van der Waals surface area contributed by atoms with Gasteiger partial charge < -0.3 is 5.32 Å². The zero-order valence-electron chi connectivity index (χ0n) is 12.5. The molecular weight excluding hydrogens is 314 g/mol. The van der Waals surface area contributed by atoms with E-state index in [1.165, 1.54) is 0 Å². The van der Waals surface area contributed by atoms with E-state index >= 15 is 0 Å². The average Bonchev–Trinajstić information content (AvgIpc) is 2.90. The van der Waals surface area contributed by atoms with Crippen LogP contribution >= 0.6 is 11.6 Å². The molecule has 3 rings (SSSR count). The molecule has 0 aliphatic carbocycles. The smallest absolute Gasteiger partial charge is 0.258 e. The third-order valence-corrected chi connectivity index (χ3v) is 4.05. The van der Waals surface area contributed by atoms with Crippen LogP contribution in [-0.2, 0) is 4.79 Å². The van der Waals surface area contributed by atoms with Crippen molar-refractivity contribution >= 4 is 23.4 Å². The molecule has 1 aliphatic rings. The zero-order valence-corrected chi connectivity index (χ0v) is 13.2. The second-order valence-corrected chi connectivity index (χ2v) is 5.92. The molecule has 1 saturated heterocycles. The number of rotatable bonds is 3. The van der Waals surface area contributed by atoms with Crippen molar-refractivity contribution in [2.24, 2.45) is 0 Å². The number of hydrogen-bond acceptors (Lipinski definition) is 3. The van der Waals surface area contributed by atoms with E-state index in [0.717, 1.165) is 11.1 Å². The van der Waals surface area contributed by atoms with Crippen LogP contribution in [0.5, 0.6) is 0 Å². The Morgan fingerprint density at radius 3 is 2.39 bits per heavy atom. The summed E-state index contributed by atoms with van der Waals surface area (Å²) in [5.74, 6) is -0.557. The van der Waals surface area contributed by atoms with Crippen molar-refractivity contribution in [3.63, 3.8) is 0 Å². The summed E-state index contributed by atoms with van der Waals surface area (Å²) in [6.07, 6.45) is 0. The van der Waals surface area contributed by atoms with Gasteiger partial charge >= 0.3 is 0 Å². The van der Waals surface area contributed by atoms with Crippen molar-refractivity contribution in [1.29, 1.82) is 0 Å². The summed E-state index contributed by atoms with van der Waals surface area (Å²) in [7, 11) is 0. The van der Waals surface area contributed by atoms with E-state index in [1.807, 2.05) is 31.2 Å². The Hall–Kier alpha value is -2.37. The largest absolute Gasteiger partial charge is 0.338 e. The van der Waals surface area contributed by atoms with Crippen LogP contribution in [-0.4, -0.2) is 17.9 Å². The Balaban J connectivity index is 1.78. The molecule has 1 heterocycles. The lowest BCUT2D eigenvalue weighted by Gasteiger charge is -2.18. The predicted molar refractivity (Wildman–Crippen MR) is 87.9 cm³/mol. The standard InChI is InChI=1S/C17H16ClN3O2/c1-10-2-4-12(5-3-10)16(22)19-15-14(20-21-17(15)23)11-6-8-13(18)9-7-11/h2-9,14-15,20H,1H3,(H,19,22)(H,21,23)/t14-,15-/m1/s1. The van der Waals surface area contributed by atoms with Crippen LogP contribution < -0.4 is 16.2 Å². The van der Waals surface area contributed by atoms with E-state index in [2.05, 4.69) is 16.2 Å². The predicted octanol–water partition coefficient (Wildman–Crippen LogP) is 2.12. The SMILES string of the molecule is Cc1ccc(C(=O)N[C@H]2C(=O)NN[C@@H]2c2ccc(Cl)cc2)cc1. The molecule has 0 bridgehead atoms. The van der Waals surface area contributed by atoms with Gasteiger partial charge in [-0.3, -0.25) is 15.0 Å². The van der Waals surface area contributed by atoms with Crippen LogP contribution in [0.2, 0.25) is 5.02 Å². The molecular formula is C17H16ClN3O2. The molecule has 1 fully saturated rings. The summed E-state index contributed by atoms with van der Waals surface area (Å²) in [5, 5.41) is 3.40. The molecule has 0 aromatic heterocycles. The quantitative estimate of drug-likeness (QED) is 0.808. The summed E-state index contributed by atoms with van der Waals surface area (Å²) in [4.78, 5) is 24.4. The highest BCUT2D eigenvalue weighted by Crippen LogP contribution is 2.22. The zero-order chi connectivity index (χ0) is 16.4. The molecule has 0 radical (unpaired) electrons.